The fourth-order valence-electron chi connectivity index (χ4n) is 1.83. The summed E-state index contributed by atoms with van der Waals surface area (Å²) in [5.74, 6) is -0.0750. The van der Waals surface area contributed by atoms with Gasteiger partial charge in [0.15, 0.2) is 0 Å². The van der Waals surface area contributed by atoms with Gasteiger partial charge in [-0.05, 0) is 31.5 Å². The summed E-state index contributed by atoms with van der Waals surface area (Å²) in [5.41, 5.74) is 8.15. The van der Waals surface area contributed by atoms with Crippen molar-refractivity contribution in [3.63, 3.8) is 0 Å². The quantitative estimate of drug-likeness (QED) is 0.699. The molecule has 2 aromatic rings. The first-order valence-corrected chi connectivity index (χ1v) is 5.79. The first-order valence-electron chi connectivity index (χ1n) is 5.79. The van der Waals surface area contributed by atoms with Crippen LogP contribution in [0.25, 0.3) is 10.9 Å². The van der Waals surface area contributed by atoms with Crippen molar-refractivity contribution < 1.29 is 4.79 Å². The van der Waals surface area contributed by atoms with E-state index in [4.69, 9.17) is 5.73 Å². The Balaban J connectivity index is 2.19. The molecule has 0 saturated heterocycles. The summed E-state index contributed by atoms with van der Waals surface area (Å²) in [6.07, 6.45) is 0.797. The van der Waals surface area contributed by atoms with E-state index in [0.717, 1.165) is 22.9 Å². The highest BCUT2D eigenvalue weighted by Crippen LogP contribution is 2.18. The highest BCUT2D eigenvalue weighted by molar-refractivity contribution is 5.98. The van der Waals surface area contributed by atoms with Crippen molar-refractivity contribution in [2.45, 2.75) is 13.3 Å². The number of para-hydroxylation sites is 1. The summed E-state index contributed by atoms with van der Waals surface area (Å²) >= 11 is 0. The summed E-state index contributed by atoms with van der Waals surface area (Å²) in [6, 6.07) is 7.88. The number of carbonyl (C=O) groups excluding carboxylic acids is 1. The number of fused-ring (bicyclic) bond motifs is 1. The molecule has 1 aromatic heterocycles. The van der Waals surface area contributed by atoms with Crippen LogP contribution < -0.4 is 11.1 Å². The second-order valence-corrected chi connectivity index (χ2v) is 4.12. The van der Waals surface area contributed by atoms with Crippen molar-refractivity contribution in [3.8, 4) is 0 Å². The largest absolute Gasteiger partial charge is 0.351 e. The zero-order valence-electron chi connectivity index (χ0n) is 9.92. The highest BCUT2D eigenvalue weighted by Gasteiger charge is 2.09. The molecule has 0 unspecified atom stereocenters. The molecule has 0 aliphatic heterocycles. The lowest BCUT2D eigenvalue weighted by Crippen LogP contribution is -2.26. The van der Waals surface area contributed by atoms with E-state index in [1.165, 1.54) is 0 Å². The predicted octanol–water partition coefficient (Wildman–Crippen LogP) is 1.55. The van der Waals surface area contributed by atoms with Gasteiger partial charge in [-0.2, -0.15) is 0 Å². The van der Waals surface area contributed by atoms with Gasteiger partial charge in [0.2, 0.25) is 0 Å². The Morgan fingerprint density at radius 3 is 3.00 bits per heavy atom. The van der Waals surface area contributed by atoms with Crippen LogP contribution in [0.3, 0.4) is 0 Å². The summed E-state index contributed by atoms with van der Waals surface area (Å²) in [5, 5.41) is 3.89. The van der Waals surface area contributed by atoms with Gasteiger partial charge < -0.3 is 16.0 Å². The molecule has 17 heavy (non-hydrogen) atoms. The van der Waals surface area contributed by atoms with Crippen molar-refractivity contribution in [2.75, 3.05) is 13.1 Å². The lowest BCUT2D eigenvalue weighted by Gasteiger charge is -2.01. The van der Waals surface area contributed by atoms with Crippen molar-refractivity contribution >= 4 is 16.8 Å². The summed E-state index contributed by atoms with van der Waals surface area (Å²) in [6.45, 7) is 3.23. The maximum atomic E-state index is 11.8. The molecule has 4 nitrogen and oxygen atoms in total. The number of carbonyl (C=O) groups is 1. The Labute approximate surface area is 100 Å². The van der Waals surface area contributed by atoms with Crippen molar-refractivity contribution in [3.05, 3.63) is 35.5 Å². The summed E-state index contributed by atoms with van der Waals surface area (Å²) in [7, 11) is 0. The highest BCUT2D eigenvalue weighted by atomic mass is 16.1. The van der Waals surface area contributed by atoms with Crippen LogP contribution in [-0.2, 0) is 0 Å². The van der Waals surface area contributed by atoms with Crippen LogP contribution in [0.4, 0.5) is 0 Å². The number of benzene rings is 1. The Kier molecular flexibility index (Phi) is 3.44. The number of aromatic nitrogens is 1. The van der Waals surface area contributed by atoms with Crippen LogP contribution in [-0.4, -0.2) is 24.0 Å². The molecule has 1 heterocycles. The molecule has 0 atom stereocenters. The smallest absolute Gasteiger partial charge is 0.267 e. The van der Waals surface area contributed by atoms with Crippen molar-refractivity contribution in [1.82, 2.24) is 10.3 Å². The molecule has 0 radical (unpaired) electrons. The predicted molar refractivity (Wildman–Crippen MR) is 69.0 cm³/mol. The number of rotatable bonds is 4. The molecule has 0 aliphatic carbocycles. The zero-order chi connectivity index (χ0) is 12.3. The van der Waals surface area contributed by atoms with E-state index in [1.807, 2.05) is 31.2 Å². The number of hydrogen-bond donors (Lipinski definition) is 3. The van der Waals surface area contributed by atoms with Crippen molar-refractivity contribution in [2.24, 2.45) is 5.73 Å². The number of nitrogens with two attached hydrogens (primary N) is 1. The number of hydrogen-bond acceptors (Lipinski definition) is 2. The van der Waals surface area contributed by atoms with Gasteiger partial charge >= 0.3 is 0 Å². The zero-order valence-corrected chi connectivity index (χ0v) is 9.92. The van der Waals surface area contributed by atoms with Crippen molar-refractivity contribution in [1.29, 1.82) is 0 Å². The molecule has 4 N–H and O–H groups in total. The number of nitrogens with one attached hydrogen (secondary N) is 2. The fourth-order valence-corrected chi connectivity index (χ4v) is 1.83. The van der Waals surface area contributed by atoms with Gasteiger partial charge in [0, 0.05) is 17.4 Å². The maximum absolute atomic E-state index is 11.8. The normalized spacial score (nSPS) is 10.7. The third-order valence-electron chi connectivity index (χ3n) is 2.78. The second kappa shape index (κ2) is 5.01. The molecule has 0 saturated carbocycles. The van der Waals surface area contributed by atoms with E-state index in [0.29, 0.717) is 18.8 Å². The van der Waals surface area contributed by atoms with E-state index < -0.39 is 0 Å². The Morgan fingerprint density at radius 2 is 2.29 bits per heavy atom. The minimum Gasteiger partial charge on any atom is -0.351 e. The van der Waals surface area contributed by atoms with E-state index in [1.54, 1.807) is 0 Å². The minimum absolute atomic E-state index is 0.0750. The lowest BCUT2D eigenvalue weighted by atomic mass is 10.2. The van der Waals surface area contributed by atoms with Gasteiger partial charge in [-0.15, -0.1) is 0 Å². The molecule has 4 heteroatoms. The maximum Gasteiger partial charge on any atom is 0.267 e. The van der Waals surface area contributed by atoms with Gasteiger partial charge in [-0.25, -0.2) is 0 Å². The SMILES string of the molecule is Cc1cccc2cc(C(=O)NCCCN)[nH]c12. The average Bonchev–Trinajstić information content (AvgIpc) is 2.75. The van der Waals surface area contributed by atoms with Gasteiger partial charge in [-0.3, -0.25) is 4.79 Å². The number of H-pyrrole nitrogens is 1. The molecule has 0 bridgehead atoms. The van der Waals surface area contributed by atoms with E-state index >= 15 is 0 Å². The minimum atomic E-state index is -0.0750. The van der Waals surface area contributed by atoms with E-state index in [-0.39, 0.29) is 5.91 Å². The molecule has 0 spiro atoms. The third kappa shape index (κ3) is 2.47. The first-order chi connectivity index (χ1) is 8.22. The Hall–Kier alpha value is -1.81. The van der Waals surface area contributed by atoms with Gasteiger partial charge in [-0.1, -0.05) is 18.2 Å². The van der Waals surface area contributed by atoms with Crippen LogP contribution in [0.15, 0.2) is 24.3 Å². The standard InChI is InChI=1S/C13H17N3O/c1-9-4-2-5-10-8-11(16-12(9)10)13(17)15-7-3-6-14/h2,4-5,8,16H,3,6-7,14H2,1H3,(H,15,17). The summed E-state index contributed by atoms with van der Waals surface area (Å²) in [4.78, 5) is 15.0. The van der Waals surface area contributed by atoms with Crippen LogP contribution in [0.1, 0.15) is 22.5 Å². The van der Waals surface area contributed by atoms with Gasteiger partial charge in [0.1, 0.15) is 5.69 Å². The molecule has 1 aromatic carbocycles. The van der Waals surface area contributed by atoms with Gasteiger partial charge in [0.05, 0.1) is 0 Å². The second-order valence-electron chi connectivity index (χ2n) is 4.12. The van der Waals surface area contributed by atoms with Crippen LogP contribution in [0.5, 0.6) is 0 Å². The van der Waals surface area contributed by atoms with Crippen LogP contribution >= 0.6 is 0 Å². The Morgan fingerprint density at radius 1 is 1.47 bits per heavy atom. The molecular formula is C13H17N3O. The molecule has 2 rings (SSSR count). The van der Waals surface area contributed by atoms with Crippen LogP contribution in [0, 0.1) is 6.92 Å². The first kappa shape index (κ1) is 11.7. The van der Waals surface area contributed by atoms with E-state index in [2.05, 4.69) is 10.3 Å². The fraction of sp³-hybridized carbons (Fsp3) is 0.308. The topological polar surface area (TPSA) is 70.9 Å². The monoisotopic (exact) mass is 231 g/mol. The summed E-state index contributed by atoms with van der Waals surface area (Å²) < 4.78 is 0. The number of aromatic amines is 1. The Bertz CT molecular complexity index is 530. The number of amides is 1. The molecular weight excluding hydrogens is 214 g/mol. The average molecular weight is 231 g/mol. The molecule has 90 valence electrons. The molecule has 0 aliphatic rings. The molecule has 0 fully saturated rings. The number of aryl methyl sites for hydroxylation is 1. The third-order valence-corrected chi connectivity index (χ3v) is 2.78. The van der Waals surface area contributed by atoms with Crippen LogP contribution in [0.2, 0.25) is 0 Å². The molecule has 1 amide bonds. The van der Waals surface area contributed by atoms with Gasteiger partial charge in [0.25, 0.3) is 5.91 Å². The lowest BCUT2D eigenvalue weighted by molar-refractivity contribution is 0.0949. The van der Waals surface area contributed by atoms with E-state index in [9.17, 15) is 4.79 Å².